The van der Waals surface area contributed by atoms with Crippen LogP contribution in [0.5, 0.6) is 0 Å². The summed E-state index contributed by atoms with van der Waals surface area (Å²) in [6.45, 7) is 4.71. The molecule has 1 amide bonds. The summed E-state index contributed by atoms with van der Waals surface area (Å²) in [6.07, 6.45) is 32.4. The molecular weight excluding hydrogens is 623 g/mol. The van der Waals surface area contributed by atoms with E-state index in [-0.39, 0.29) is 19.1 Å². The lowest BCUT2D eigenvalue weighted by molar-refractivity contribution is -0.870. The number of carbonyl (C=O) groups excluding carboxylic acids is 1. The van der Waals surface area contributed by atoms with Crippen molar-refractivity contribution in [1.82, 2.24) is 5.32 Å². The van der Waals surface area contributed by atoms with E-state index in [9.17, 15) is 19.4 Å². The van der Waals surface area contributed by atoms with Gasteiger partial charge in [-0.1, -0.05) is 174 Å². The van der Waals surface area contributed by atoms with Gasteiger partial charge >= 0.3 is 0 Å². The number of carbonyl (C=O) groups is 1. The molecule has 0 aliphatic rings. The summed E-state index contributed by atoms with van der Waals surface area (Å²) in [4.78, 5) is 25.2. The minimum absolute atomic E-state index is 0.0157. The van der Waals surface area contributed by atoms with Gasteiger partial charge in [0.15, 0.2) is 0 Å². The third-order valence-electron chi connectivity index (χ3n) is 9.35. The molecule has 9 heteroatoms. The third-order valence-corrected chi connectivity index (χ3v) is 10.3. The van der Waals surface area contributed by atoms with E-state index in [1.807, 2.05) is 21.1 Å². The Morgan fingerprint density at radius 3 is 1.42 bits per heavy atom. The summed E-state index contributed by atoms with van der Waals surface area (Å²) in [5, 5.41) is 13.8. The van der Waals surface area contributed by atoms with Crippen LogP contribution >= 0.6 is 7.82 Å². The molecule has 0 saturated heterocycles. The highest BCUT2D eigenvalue weighted by Gasteiger charge is 2.24. The van der Waals surface area contributed by atoms with Crippen LogP contribution in [0.25, 0.3) is 0 Å². The molecule has 0 radical (unpaired) electrons. The van der Waals surface area contributed by atoms with Crippen molar-refractivity contribution in [1.29, 1.82) is 0 Å². The van der Waals surface area contributed by atoms with Crippen LogP contribution in [0.15, 0.2) is 0 Å². The van der Waals surface area contributed by atoms with Crippen LogP contribution in [0.3, 0.4) is 0 Å². The molecule has 0 spiro atoms. The maximum absolute atomic E-state index is 12.8. The van der Waals surface area contributed by atoms with Gasteiger partial charge in [0.2, 0.25) is 5.91 Å². The predicted octanol–water partition coefficient (Wildman–Crippen LogP) is 10.0. The van der Waals surface area contributed by atoms with Crippen molar-refractivity contribution in [3.63, 3.8) is 0 Å². The molecule has 0 heterocycles. The first-order valence-corrected chi connectivity index (χ1v) is 21.8. The Hall–Kier alpha value is -0.500. The SMILES string of the molecule is CCCCCCCCCCCCCCCCCC(O)C(COP(=O)([O-])OCC[N+](C)(C)C)NC(=O)CCCCCCCCCCCCC. The molecule has 3 unspecified atom stereocenters. The number of aliphatic hydroxyl groups excluding tert-OH is 1. The van der Waals surface area contributed by atoms with Gasteiger partial charge in [-0.3, -0.25) is 9.36 Å². The highest BCUT2D eigenvalue weighted by atomic mass is 31.2. The summed E-state index contributed by atoms with van der Waals surface area (Å²) in [5.74, 6) is -0.165. The largest absolute Gasteiger partial charge is 0.756 e. The second kappa shape index (κ2) is 32.4. The average Bonchev–Trinajstić information content (AvgIpc) is 3.02. The smallest absolute Gasteiger partial charge is 0.268 e. The van der Waals surface area contributed by atoms with E-state index in [0.717, 1.165) is 38.5 Å². The maximum atomic E-state index is 12.8. The van der Waals surface area contributed by atoms with E-state index in [1.54, 1.807) is 0 Å². The van der Waals surface area contributed by atoms with Crippen molar-refractivity contribution >= 4 is 13.7 Å². The molecule has 0 fully saturated rings. The number of amides is 1. The molecule has 0 aromatic heterocycles. The second-order valence-electron chi connectivity index (χ2n) is 15.4. The van der Waals surface area contributed by atoms with E-state index < -0.39 is 20.0 Å². The fraction of sp³-hybridized carbons (Fsp3) is 0.974. The first kappa shape index (κ1) is 47.5. The van der Waals surface area contributed by atoms with Gasteiger partial charge in [-0.15, -0.1) is 0 Å². The zero-order valence-electron chi connectivity index (χ0n) is 32.5. The molecule has 3 atom stereocenters. The zero-order valence-corrected chi connectivity index (χ0v) is 33.4. The topological polar surface area (TPSA) is 108 Å². The Kier molecular flexibility index (Phi) is 32.1. The number of likely N-dealkylation sites (N-methyl/N-ethyl adjacent to an activating group) is 1. The zero-order chi connectivity index (χ0) is 35.8. The van der Waals surface area contributed by atoms with E-state index in [1.165, 1.54) is 128 Å². The minimum atomic E-state index is -4.55. The summed E-state index contributed by atoms with van der Waals surface area (Å²) in [7, 11) is 1.31. The number of phosphoric acid groups is 1. The standard InChI is InChI=1S/C39H81N2O6P/c1-6-8-10-12-14-16-18-19-20-21-23-24-26-28-30-32-38(42)37(36-47-48(44,45)46-35-34-41(3,4)5)40-39(43)33-31-29-27-25-22-17-15-13-11-9-7-2/h37-38,42H,6-36H2,1-5H3,(H-,40,43,44,45). The highest BCUT2D eigenvalue weighted by Crippen LogP contribution is 2.38. The first-order chi connectivity index (χ1) is 23.0. The fourth-order valence-corrected chi connectivity index (χ4v) is 6.76. The lowest BCUT2D eigenvalue weighted by atomic mass is 10.0. The number of unbranched alkanes of at least 4 members (excludes halogenated alkanes) is 24. The van der Waals surface area contributed by atoms with Gasteiger partial charge in [-0.05, 0) is 12.8 Å². The molecule has 0 aromatic carbocycles. The number of rotatable bonds is 37. The number of hydrogen-bond acceptors (Lipinski definition) is 6. The van der Waals surface area contributed by atoms with Gasteiger partial charge in [0, 0.05) is 6.42 Å². The molecule has 0 aromatic rings. The average molecular weight is 705 g/mol. The van der Waals surface area contributed by atoms with Gasteiger partial charge in [-0.25, -0.2) is 0 Å². The summed E-state index contributed by atoms with van der Waals surface area (Å²) < 4.78 is 23.2. The molecule has 0 bridgehead atoms. The molecule has 2 N–H and O–H groups in total. The molecule has 8 nitrogen and oxygen atoms in total. The van der Waals surface area contributed by atoms with Crippen LogP contribution in [-0.4, -0.2) is 68.5 Å². The molecule has 288 valence electrons. The Morgan fingerprint density at radius 1 is 0.646 bits per heavy atom. The van der Waals surface area contributed by atoms with E-state index >= 15 is 0 Å². The molecule has 0 aliphatic heterocycles. The van der Waals surface area contributed by atoms with Gasteiger partial charge in [0.05, 0.1) is 39.9 Å². The number of aliphatic hydroxyl groups is 1. The van der Waals surface area contributed by atoms with Crippen molar-refractivity contribution in [2.45, 2.75) is 206 Å². The number of nitrogens with one attached hydrogen (secondary N) is 1. The van der Waals surface area contributed by atoms with Gasteiger partial charge in [0.25, 0.3) is 7.82 Å². The Balaban J connectivity index is 4.40. The lowest BCUT2D eigenvalue weighted by Crippen LogP contribution is -2.46. The normalized spacial score (nSPS) is 14.6. The van der Waals surface area contributed by atoms with Crippen molar-refractivity contribution in [2.75, 3.05) is 40.9 Å². The van der Waals surface area contributed by atoms with Crippen molar-refractivity contribution in [3.8, 4) is 0 Å². The molecule has 0 aliphatic carbocycles. The first-order valence-electron chi connectivity index (χ1n) is 20.4. The van der Waals surface area contributed by atoms with E-state index in [0.29, 0.717) is 23.9 Å². The molecule has 48 heavy (non-hydrogen) atoms. The van der Waals surface area contributed by atoms with Crippen LogP contribution in [0, 0.1) is 0 Å². The van der Waals surface area contributed by atoms with Crippen molar-refractivity contribution < 1.29 is 32.9 Å². The van der Waals surface area contributed by atoms with Gasteiger partial charge < -0.3 is 28.8 Å². The summed E-state index contributed by atoms with van der Waals surface area (Å²) in [6, 6.07) is -0.791. The Bertz CT molecular complexity index is 763. The van der Waals surface area contributed by atoms with Crippen LogP contribution < -0.4 is 10.2 Å². The molecule has 0 saturated carbocycles. The van der Waals surface area contributed by atoms with E-state index in [4.69, 9.17) is 9.05 Å². The number of quaternary nitrogens is 1. The molecule has 0 rings (SSSR count). The van der Waals surface area contributed by atoms with Crippen molar-refractivity contribution in [2.24, 2.45) is 0 Å². The molecular formula is C39H81N2O6P. The minimum Gasteiger partial charge on any atom is -0.756 e. The van der Waals surface area contributed by atoms with Gasteiger partial charge in [-0.2, -0.15) is 0 Å². The van der Waals surface area contributed by atoms with Gasteiger partial charge in [0.1, 0.15) is 13.2 Å². The van der Waals surface area contributed by atoms with E-state index in [2.05, 4.69) is 19.2 Å². The monoisotopic (exact) mass is 705 g/mol. The highest BCUT2D eigenvalue weighted by molar-refractivity contribution is 7.45. The quantitative estimate of drug-likeness (QED) is 0.0379. The fourth-order valence-electron chi connectivity index (χ4n) is 6.04. The number of nitrogens with zero attached hydrogens (tertiary/aromatic N) is 1. The number of hydrogen-bond donors (Lipinski definition) is 2. The number of phosphoric ester groups is 1. The lowest BCUT2D eigenvalue weighted by Gasteiger charge is -2.30. The van der Waals surface area contributed by atoms with Crippen LogP contribution in [0.4, 0.5) is 0 Å². The predicted molar refractivity (Wildman–Crippen MR) is 201 cm³/mol. The van der Waals surface area contributed by atoms with Crippen LogP contribution in [0.1, 0.15) is 194 Å². The third kappa shape index (κ3) is 34.0. The summed E-state index contributed by atoms with van der Waals surface area (Å²) >= 11 is 0. The van der Waals surface area contributed by atoms with Crippen molar-refractivity contribution in [3.05, 3.63) is 0 Å². The van der Waals surface area contributed by atoms with Crippen LogP contribution in [0.2, 0.25) is 0 Å². The Morgan fingerprint density at radius 2 is 1.02 bits per heavy atom. The maximum Gasteiger partial charge on any atom is 0.268 e. The Labute approximate surface area is 298 Å². The summed E-state index contributed by atoms with van der Waals surface area (Å²) in [5.41, 5.74) is 0. The second-order valence-corrected chi connectivity index (χ2v) is 16.8. The van der Waals surface area contributed by atoms with Crippen LogP contribution in [-0.2, 0) is 18.4 Å².